The number of carbonyl (C=O) groups excluding carboxylic acids is 1. The molecule has 0 bridgehead atoms. The molecular weight excluding hydrogens is 382 g/mol. The number of anilines is 1. The molecular formula is C22H21N5O3. The summed E-state index contributed by atoms with van der Waals surface area (Å²) in [6.07, 6.45) is 5.54. The second-order valence-corrected chi connectivity index (χ2v) is 7.38. The van der Waals surface area contributed by atoms with Crippen molar-refractivity contribution in [3.63, 3.8) is 0 Å². The number of carbonyl (C=O) groups is 1. The van der Waals surface area contributed by atoms with Crippen LogP contribution in [0.25, 0.3) is 17.0 Å². The summed E-state index contributed by atoms with van der Waals surface area (Å²) < 4.78 is 12.6. The second-order valence-electron chi connectivity index (χ2n) is 7.38. The lowest BCUT2D eigenvalue weighted by Crippen LogP contribution is -2.15. The number of nitrogens with zero attached hydrogens (tertiary/aromatic N) is 4. The normalized spacial score (nSPS) is 13.5. The molecule has 1 aromatic carbocycles. The molecule has 8 nitrogen and oxygen atoms in total. The Morgan fingerprint density at radius 3 is 2.97 bits per heavy atom. The van der Waals surface area contributed by atoms with Crippen LogP contribution in [0.2, 0.25) is 0 Å². The highest BCUT2D eigenvalue weighted by atomic mass is 16.5. The maximum atomic E-state index is 12.9. The molecule has 1 amide bonds. The van der Waals surface area contributed by atoms with E-state index in [0.717, 1.165) is 29.7 Å². The van der Waals surface area contributed by atoms with Gasteiger partial charge in [0.25, 0.3) is 5.91 Å². The summed E-state index contributed by atoms with van der Waals surface area (Å²) in [7, 11) is 0. The van der Waals surface area contributed by atoms with Crippen molar-refractivity contribution < 1.29 is 14.1 Å². The number of nitrogens with one attached hydrogen (secondary N) is 1. The topological polar surface area (TPSA) is 94.6 Å². The van der Waals surface area contributed by atoms with Crippen molar-refractivity contribution in [2.45, 2.75) is 32.6 Å². The van der Waals surface area contributed by atoms with E-state index in [1.807, 2.05) is 38.1 Å². The molecule has 0 atom stereocenters. The van der Waals surface area contributed by atoms with E-state index in [0.29, 0.717) is 41.3 Å². The highest BCUT2D eigenvalue weighted by Gasteiger charge is 2.29. The van der Waals surface area contributed by atoms with Crippen molar-refractivity contribution in [2.24, 2.45) is 0 Å². The van der Waals surface area contributed by atoms with E-state index in [2.05, 4.69) is 20.4 Å². The van der Waals surface area contributed by atoms with Crippen LogP contribution in [-0.2, 0) is 0 Å². The van der Waals surface area contributed by atoms with Gasteiger partial charge in [0, 0.05) is 29.4 Å². The molecule has 0 aliphatic heterocycles. The third kappa shape index (κ3) is 3.41. The molecule has 5 rings (SSSR count). The first kappa shape index (κ1) is 18.4. The van der Waals surface area contributed by atoms with Gasteiger partial charge in [-0.25, -0.2) is 4.98 Å². The number of imidazole rings is 1. The van der Waals surface area contributed by atoms with Gasteiger partial charge < -0.3 is 14.6 Å². The van der Waals surface area contributed by atoms with E-state index in [-0.39, 0.29) is 5.91 Å². The molecule has 1 aliphatic carbocycles. The van der Waals surface area contributed by atoms with Crippen LogP contribution in [0.3, 0.4) is 0 Å². The van der Waals surface area contributed by atoms with Crippen molar-refractivity contribution >= 4 is 17.2 Å². The number of aromatic nitrogens is 4. The van der Waals surface area contributed by atoms with E-state index in [1.165, 1.54) is 0 Å². The molecule has 0 radical (unpaired) electrons. The van der Waals surface area contributed by atoms with Gasteiger partial charge in [-0.3, -0.25) is 9.20 Å². The summed E-state index contributed by atoms with van der Waals surface area (Å²) in [4.78, 5) is 21.8. The van der Waals surface area contributed by atoms with Crippen LogP contribution < -0.4 is 10.1 Å². The highest BCUT2D eigenvalue weighted by molar-refractivity contribution is 6.04. The molecule has 1 aliphatic rings. The largest absolute Gasteiger partial charge is 0.494 e. The van der Waals surface area contributed by atoms with E-state index in [9.17, 15) is 4.79 Å². The number of aryl methyl sites for hydroxylation is 1. The zero-order valence-corrected chi connectivity index (χ0v) is 16.8. The molecule has 3 aromatic heterocycles. The number of benzene rings is 1. The Labute approximate surface area is 172 Å². The van der Waals surface area contributed by atoms with Gasteiger partial charge in [-0.2, -0.15) is 4.98 Å². The molecule has 30 heavy (non-hydrogen) atoms. The molecule has 0 saturated heterocycles. The molecule has 1 fully saturated rings. The SMILES string of the molecule is CCOc1ccn2c(C(=O)Nc3cc(-c4noc(C5CC5)n4)ccc3C)cnc2c1. The number of pyridine rings is 1. The van der Waals surface area contributed by atoms with Crippen molar-refractivity contribution in [1.29, 1.82) is 0 Å². The van der Waals surface area contributed by atoms with Crippen molar-refractivity contribution in [3.8, 4) is 17.1 Å². The minimum atomic E-state index is -0.251. The molecule has 4 aromatic rings. The van der Waals surface area contributed by atoms with Gasteiger partial charge >= 0.3 is 0 Å². The van der Waals surface area contributed by atoms with Crippen LogP contribution in [0.15, 0.2) is 47.2 Å². The van der Waals surface area contributed by atoms with E-state index in [1.54, 1.807) is 22.9 Å². The number of hydrogen-bond donors (Lipinski definition) is 1. The summed E-state index contributed by atoms with van der Waals surface area (Å²) in [6.45, 7) is 4.43. The number of fused-ring (bicyclic) bond motifs is 1. The standard InChI is InChI=1S/C22H21N5O3/c1-3-29-16-8-9-27-18(12-23-19(27)11-16)21(28)24-17-10-15(5-4-13(17)2)20-25-22(30-26-20)14-6-7-14/h4-5,8-12,14H,3,6-7H2,1-2H3,(H,24,28). The van der Waals surface area contributed by atoms with E-state index < -0.39 is 0 Å². The molecule has 0 unspecified atom stereocenters. The van der Waals surface area contributed by atoms with Crippen molar-refractivity contribution in [2.75, 3.05) is 11.9 Å². The monoisotopic (exact) mass is 403 g/mol. The third-order valence-corrected chi connectivity index (χ3v) is 5.14. The lowest BCUT2D eigenvalue weighted by atomic mass is 10.1. The van der Waals surface area contributed by atoms with Gasteiger partial charge in [0.2, 0.25) is 11.7 Å². The molecule has 1 N–H and O–H groups in total. The van der Waals surface area contributed by atoms with E-state index >= 15 is 0 Å². The van der Waals surface area contributed by atoms with Gasteiger partial charge in [-0.1, -0.05) is 17.3 Å². The fraction of sp³-hybridized carbons (Fsp3) is 0.273. The lowest BCUT2D eigenvalue weighted by Gasteiger charge is -2.10. The number of hydrogen-bond acceptors (Lipinski definition) is 6. The van der Waals surface area contributed by atoms with Gasteiger partial charge in [0.15, 0.2) is 0 Å². The Balaban J connectivity index is 1.40. The average molecular weight is 403 g/mol. The first-order valence-corrected chi connectivity index (χ1v) is 9.98. The number of ether oxygens (including phenoxy) is 1. The first-order chi connectivity index (χ1) is 14.6. The highest BCUT2D eigenvalue weighted by Crippen LogP contribution is 2.39. The van der Waals surface area contributed by atoms with Crippen LogP contribution in [0.1, 0.15) is 47.6 Å². The molecule has 8 heteroatoms. The van der Waals surface area contributed by atoms with Crippen LogP contribution in [0.5, 0.6) is 5.75 Å². The van der Waals surface area contributed by atoms with E-state index in [4.69, 9.17) is 9.26 Å². The van der Waals surface area contributed by atoms with Crippen molar-refractivity contribution in [1.82, 2.24) is 19.5 Å². The summed E-state index contributed by atoms with van der Waals surface area (Å²) >= 11 is 0. The number of rotatable bonds is 6. The van der Waals surface area contributed by atoms with Gasteiger partial charge in [-0.15, -0.1) is 0 Å². The fourth-order valence-electron chi connectivity index (χ4n) is 3.32. The smallest absolute Gasteiger partial charge is 0.274 e. The first-order valence-electron chi connectivity index (χ1n) is 9.98. The summed E-state index contributed by atoms with van der Waals surface area (Å²) in [5.74, 6) is 2.09. The predicted octanol–water partition coefficient (Wildman–Crippen LogP) is 4.22. The molecule has 3 heterocycles. The van der Waals surface area contributed by atoms with Crippen LogP contribution in [0, 0.1) is 6.92 Å². The Bertz CT molecular complexity index is 1240. The van der Waals surface area contributed by atoms with Gasteiger partial charge in [-0.05, 0) is 44.4 Å². The Morgan fingerprint density at radius 1 is 1.30 bits per heavy atom. The van der Waals surface area contributed by atoms with Crippen LogP contribution >= 0.6 is 0 Å². The summed E-state index contributed by atoms with van der Waals surface area (Å²) in [6, 6.07) is 9.34. The molecule has 152 valence electrons. The summed E-state index contributed by atoms with van der Waals surface area (Å²) in [5, 5.41) is 7.07. The maximum Gasteiger partial charge on any atom is 0.274 e. The zero-order chi connectivity index (χ0) is 20.7. The predicted molar refractivity (Wildman–Crippen MR) is 111 cm³/mol. The van der Waals surface area contributed by atoms with Gasteiger partial charge in [0.1, 0.15) is 17.1 Å². The van der Waals surface area contributed by atoms with Crippen LogP contribution in [-0.4, -0.2) is 32.0 Å². The molecule has 0 spiro atoms. The second kappa shape index (κ2) is 7.29. The minimum absolute atomic E-state index is 0.251. The maximum absolute atomic E-state index is 12.9. The zero-order valence-electron chi connectivity index (χ0n) is 16.8. The Morgan fingerprint density at radius 2 is 2.17 bits per heavy atom. The summed E-state index contributed by atoms with van der Waals surface area (Å²) in [5.41, 5.74) is 3.51. The fourth-order valence-corrected chi connectivity index (χ4v) is 3.32. The lowest BCUT2D eigenvalue weighted by molar-refractivity contribution is 0.102. The van der Waals surface area contributed by atoms with Crippen LogP contribution in [0.4, 0.5) is 5.69 Å². The minimum Gasteiger partial charge on any atom is -0.494 e. The number of amides is 1. The Kier molecular flexibility index (Phi) is 4.46. The van der Waals surface area contributed by atoms with Gasteiger partial charge in [0.05, 0.1) is 12.8 Å². The quantitative estimate of drug-likeness (QED) is 0.518. The van der Waals surface area contributed by atoms with Crippen molar-refractivity contribution in [3.05, 3.63) is 59.9 Å². The third-order valence-electron chi connectivity index (χ3n) is 5.14. The molecule has 1 saturated carbocycles. The Hall–Kier alpha value is -3.68. The average Bonchev–Trinajstić information content (AvgIpc) is 3.32.